The van der Waals surface area contributed by atoms with Crippen LogP contribution in [0, 0.1) is 11.3 Å². The van der Waals surface area contributed by atoms with Crippen LogP contribution < -0.4 is 0 Å². The van der Waals surface area contributed by atoms with Crippen LogP contribution in [0.3, 0.4) is 0 Å². The minimum Gasteiger partial charge on any atom is -0.396 e. The van der Waals surface area contributed by atoms with Crippen LogP contribution in [0.15, 0.2) is 24.3 Å². The van der Waals surface area contributed by atoms with Crippen molar-refractivity contribution in [1.82, 2.24) is 9.80 Å². The summed E-state index contributed by atoms with van der Waals surface area (Å²) in [6.07, 6.45) is 4.89. The van der Waals surface area contributed by atoms with Crippen LogP contribution in [0.25, 0.3) is 0 Å². The molecule has 3 rings (SSSR count). The average Bonchev–Trinajstić information content (AvgIpc) is 2.64. The number of likely N-dealkylation sites (tertiary alicyclic amines) is 2. The molecule has 0 saturated carbocycles. The first-order valence-electron chi connectivity index (χ1n) is 9.92. The zero-order valence-electron chi connectivity index (χ0n) is 15.8. The van der Waals surface area contributed by atoms with Crippen LogP contribution in [0.5, 0.6) is 0 Å². The molecule has 26 heavy (non-hydrogen) atoms. The molecule has 0 aromatic heterocycles. The number of halogens is 1. The van der Waals surface area contributed by atoms with Gasteiger partial charge in [-0.3, -0.25) is 4.79 Å². The molecule has 2 saturated heterocycles. The molecule has 1 spiro atoms. The molecule has 0 unspecified atom stereocenters. The molecule has 0 aliphatic carbocycles. The number of aliphatic hydroxyl groups excluding tert-OH is 1. The molecule has 5 heteroatoms. The monoisotopic (exact) mass is 378 g/mol. The number of carbonyl (C=O) groups excluding carboxylic acids is 1. The molecular weight excluding hydrogens is 348 g/mol. The van der Waals surface area contributed by atoms with Crippen LogP contribution in [-0.4, -0.2) is 60.1 Å². The van der Waals surface area contributed by atoms with Crippen LogP contribution in [0.2, 0.25) is 5.02 Å². The van der Waals surface area contributed by atoms with Gasteiger partial charge in [-0.2, -0.15) is 0 Å². The number of aliphatic hydroxyl groups is 1. The highest BCUT2D eigenvalue weighted by atomic mass is 35.5. The molecule has 0 bridgehead atoms. The Morgan fingerprint density at radius 3 is 2.65 bits per heavy atom. The zero-order chi connectivity index (χ0) is 18.6. The maximum atomic E-state index is 12.7. The van der Waals surface area contributed by atoms with Gasteiger partial charge in [0.25, 0.3) is 0 Å². The second kappa shape index (κ2) is 8.73. The van der Waals surface area contributed by atoms with Crippen molar-refractivity contribution in [3.8, 4) is 0 Å². The van der Waals surface area contributed by atoms with E-state index >= 15 is 0 Å². The Hall–Kier alpha value is -1.10. The molecule has 1 aromatic rings. The quantitative estimate of drug-likeness (QED) is 0.855. The van der Waals surface area contributed by atoms with Gasteiger partial charge in [0.2, 0.25) is 5.91 Å². The zero-order valence-corrected chi connectivity index (χ0v) is 16.5. The normalized spacial score (nSPS) is 23.3. The lowest BCUT2D eigenvalue weighted by atomic mass is 9.64. The lowest BCUT2D eigenvalue weighted by molar-refractivity contribution is -0.137. The lowest BCUT2D eigenvalue weighted by Crippen LogP contribution is -2.54. The first-order valence-corrected chi connectivity index (χ1v) is 10.3. The first-order chi connectivity index (χ1) is 12.6. The summed E-state index contributed by atoms with van der Waals surface area (Å²) in [5.74, 6) is 0.340. The van der Waals surface area contributed by atoms with E-state index in [0.717, 1.165) is 44.5 Å². The summed E-state index contributed by atoms with van der Waals surface area (Å²) in [5, 5.41) is 10.7. The molecule has 144 valence electrons. The minimum absolute atomic E-state index is 0.143. The fourth-order valence-corrected chi connectivity index (χ4v) is 4.93. The van der Waals surface area contributed by atoms with Crippen molar-refractivity contribution in [2.45, 2.75) is 39.0 Å². The van der Waals surface area contributed by atoms with Gasteiger partial charge in [0.15, 0.2) is 0 Å². The van der Waals surface area contributed by atoms with E-state index in [4.69, 9.17) is 11.6 Å². The summed E-state index contributed by atoms with van der Waals surface area (Å²) in [5.41, 5.74) is 1.17. The van der Waals surface area contributed by atoms with Crippen molar-refractivity contribution in [2.24, 2.45) is 11.3 Å². The molecule has 1 amide bonds. The van der Waals surface area contributed by atoms with Gasteiger partial charge in [0.05, 0.1) is 6.42 Å². The first kappa shape index (κ1) is 19.7. The summed E-state index contributed by atoms with van der Waals surface area (Å²) in [7, 11) is 0. The van der Waals surface area contributed by atoms with Crippen LogP contribution in [0.4, 0.5) is 0 Å². The Bertz CT molecular complexity index is 614. The van der Waals surface area contributed by atoms with Crippen molar-refractivity contribution < 1.29 is 9.90 Å². The van der Waals surface area contributed by atoms with E-state index in [0.29, 0.717) is 18.0 Å². The fourth-order valence-electron chi connectivity index (χ4n) is 4.72. The molecular formula is C21H31ClN2O2. The molecule has 1 aromatic carbocycles. The van der Waals surface area contributed by atoms with Crippen molar-refractivity contribution >= 4 is 17.5 Å². The highest BCUT2D eigenvalue weighted by Gasteiger charge is 2.45. The fraction of sp³-hybridized carbons (Fsp3) is 0.667. The topological polar surface area (TPSA) is 43.8 Å². The Morgan fingerprint density at radius 1 is 1.27 bits per heavy atom. The minimum atomic E-state index is 0.143. The van der Waals surface area contributed by atoms with E-state index in [2.05, 4.69) is 11.8 Å². The van der Waals surface area contributed by atoms with E-state index < -0.39 is 0 Å². The van der Waals surface area contributed by atoms with Crippen molar-refractivity contribution in [3.63, 3.8) is 0 Å². The van der Waals surface area contributed by atoms with Crippen molar-refractivity contribution in [3.05, 3.63) is 34.9 Å². The van der Waals surface area contributed by atoms with Gasteiger partial charge in [0.1, 0.15) is 0 Å². The number of piperidine rings is 2. The Balaban J connectivity index is 1.60. The summed E-state index contributed by atoms with van der Waals surface area (Å²) >= 11 is 6.03. The Kier molecular flexibility index (Phi) is 6.60. The highest BCUT2D eigenvalue weighted by molar-refractivity contribution is 6.30. The number of benzene rings is 1. The molecule has 2 aliphatic rings. The third-order valence-corrected chi connectivity index (χ3v) is 6.63. The average molecular weight is 379 g/mol. The number of hydrogen-bond acceptors (Lipinski definition) is 3. The predicted molar refractivity (Wildman–Crippen MR) is 105 cm³/mol. The SMILES string of the molecule is CCCN1CCC2(CC1)CCN(C(=O)Cc1cccc(Cl)c1)C[C@H]2CO. The smallest absolute Gasteiger partial charge is 0.227 e. The molecule has 1 N–H and O–H groups in total. The van der Waals surface area contributed by atoms with Crippen LogP contribution >= 0.6 is 11.6 Å². The van der Waals surface area contributed by atoms with E-state index in [-0.39, 0.29) is 23.8 Å². The van der Waals surface area contributed by atoms with Gasteiger partial charge >= 0.3 is 0 Å². The molecule has 2 heterocycles. The predicted octanol–water partition coefficient (Wildman–Crippen LogP) is 3.22. The van der Waals surface area contributed by atoms with Gasteiger partial charge in [-0.25, -0.2) is 0 Å². The molecule has 0 radical (unpaired) electrons. The maximum absolute atomic E-state index is 12.7. The summed E-state index contributed by atoms with van der Waals surface area (Å²) in [6, 6.07) is 7.52. The largest absolute Gasteiger partial charge is 0.396 e. The maximum Gasteiger partial charge on any atom is 0.227 e. The number of nitrogens with zero attached hydrogens (tertiary/aromatic N) is 2. The number of hydrogen-bond donors (Lipinski definition) is 1. The summed E-state index contributed by atoms with van der Waals surface area (Å²) in [6.45, 7) is 7.32. The number of rotatable bonds is 5. The van der Waals surface area contributed by atoms with Crippen LogP contribution in [-0.2, 0) is 11.2 Å². The van der Waals surface area contributed by atoms with Gasteiger partial charge < -0.3 is 14.9 Å². The van der Waals surface area contributed by atoms with E-state index in [1.165, 1.54) is 13.0 Å². The van der Waals surface area contributed by atoms with E-state index in [1.807, 2.05) is 29.2 Å². The third kappa shape index (κ3) is 4.41. The van der Waals surface area contributed by atoms with Gasteiger partial charge in [-0.05, 0) is 68.4 Å². The van der Waals surface area contributed by atoms with Gasteiger partial charge in [-0.1, -0.05) is 30.7 Å². The van der Waals surface area contributed by atoms with E-state index in [9.17, 15) is 9.90 Å². The number of amides is 1. The molecule has 2 fully saturated rings. The third-order valence-electron chi connectivity index (χ3n) is 6.40. The summed E-state index contributed by atoms with van der Waals surface area (Å²) in [4.78, 5) is 17.2. The van der Waals surface area contributed by atoms with E-state index in [1.54, 1.807) is 0 Å². The van der Waals surface area contributed by atoms with Crippen molar-refractivity contribution in [2.75, 3.05) is 39.3 Å². The Labute approximate surface area is 162 Å². The highest BCUT2D eigenvalue weighted by Crippen LogP contribution is 2.45. The molecule has 1 atom stereocenters. The van der Waals surface area contributed by atoms with Crippen molar-refractivity contribution in [1.29, 1.82) is 0 Å². The second-order valence-corrected chi connectivity index (χ2v) is 8.42. The lowest BCUT2D eigenvalue weighted by Gasteiger charge is -2.51. The van der Waals surface area contributed by atoms with Gasteiger partial charge in [-0.15, -0.1) is 0 Å². The van der Waals surface area contributed by atoms with Gasteiger partial charge in [0, 0.05) is 30.6 Å². The summed E-state index contributed by atoms with van der Waals surface area (Å²) < 4.78 is 0. The standard InChI is InChI=1S/C21H31ClN2O2/c1-2-9-23-10-6-21(7-11-23)8-12-24(15-18(21)16-25)20(26)14-17-4-3-5-19(22)13-17/h3-5,13,18,25H,2,6-12,14-16H2,1H3/t18-/m0/s1. The van der Waals surface area contributed by atoms with Crippen LogP contribution in [0.1, 0.15) is 38.2 Å². The second-order valence-electron chi connectivity index (χ2n) is 7.98. The molecule has 4 nitrogen and oxygen atoms in total. The Morgan fingerprint density at radius 2 is 2.00 bits per heavy atom. The number of carbonyl (C=O) groups is 1. The molecule has 2 aliphatic heterocycles.